The molecule has 1 aromatic rings. The number of nitrogens with one attached hydrogen (secondary N) is 1. The fourth-order valence-electron chi connectivity index (χ4n) is 2.55. The van der Waals surface area contributed by atoms with Crippen LogP contribution >= 0.6 is 0 Å². The Morgan fingerprint density at radius 1 is 1.32 bits per heavy atom. The van der Waals surface area contributed by atoms with Crippen molar-refractivity contribution in [2.75, 3.05) is 13.6 Å². The molecule has 1 aliphatic heterocycles. The van der Waals surface area contributed by atoms with Crippen LogP contribution in [0.5, 0.6) is 0 Å². The van der Waals surface area contributed by atoms with Crippen LogP contribution in [0.3, 0.4) is 0 Å². The van der Waals surface area contributed by atoms with Gasteiger partial charge in [0.25, 0.3) is 5.91 Å². The predicted molar refractivity (Wildman–Crippen MR) is 78.2 cm³/mol. The zero-order valence-corrected chi connectivity index (χ0v) is 12.4. The summed E-state index contributed by atoms with van der Waals surface area (Å²) in [7, 11) is 1.91. The van der Waals surface area contributed by atoms with Crippen LogP contribution in [-0.2, 0) is 13.0 Å². The SMILES string of the molecule is CC(C)C(C)N(C)C(=O)c1cccc2c1CCNC2. The third kappa shape index (κ3) is 2.81. The van der Waals surface area contributed by atoms with Crippen molar-refractivity contribution in [3.63, 3.8) is 0 Å². The Balaban J connectivity index is 2.29. The van der Waals surface area contributed by atoms with Crippen molar-refractivity contribution < 1.29 is 4.79 Å². The van der Waals surface area contributed by atoms with Crippen LogP contribution in [0.4, 0.5) is 0 Å². The summed E-state index contributed by atoms with van der Waals surface area (Å²) in [6, 6.07) is 6.33. The highest BCUT2D eigenvalue weighted by molar-refractivity contribution is 5.96. The maximum atomic E-state index is 12.7. The molecule has 1 amide bonds. The van der Waals surface area contributed by atoms with E-state index >= 15 is 0 Å². The summed E-state index contributed by atoms with van der Waals surface area (Å²) < 4.78 is 0. The van der Waals surface area contributed by atoms with Crippen LogP contribution in [0.15, 0.2) is 18.2 Å². The molecule has 1 aliphatic rings. The van der Waals surface area contributed by atoms with Crippen molar-refractivity contribution in [2.24, 2.45) is 5.92 Å². The topological polar surface area (TPSA) is 32.3 Å². The third-order valence-corrected chi connectivity index (χ3v) is 4.27. The van der Waals surface area contributed by atoms with Gasteiger partial charge in [-0.05, 0) is 43.0 Å². The number of hydrogen-bond donors (Lipinski definition) is 1. The van der Waals surface area contributed by atoms with Gasteiger partial charge in [0.1, 0.15) is 0 Å². The standard InChI is InChI=1S/C16H24N2O/c1-11(2)12(3)18(4)16(19)15-7-5-6-13-10-17-9-8-14(13)15/h5-7,11-12,17H,8-10H2,1-4H3. The largest absolute Gasteiger partial charge is 0.339 e. The molecular weight excluding hydrogens is 236 g/mol. The van der Waals surface area contributed by atoms with Gasteiger partial charge >= 0.3 is 0 Å². The minimum Gasteiger partial charge on any atom is -0.339 e. The first kappa shape index (κ1) is 14.1. The Hall–Kier alpha value is -1.35. The molecule has 19 heavy (non-hydrogen) atoms. The molecule has 0 aromatic heterocycles. The molecule has 0 radical (unpaired) electrons. The summed E-state index contributed by atoms with van der Waals surface area (Å²) in [5.41, 5.74) is 3.38. The second-order valence-electron chi connectivity index (χ2n) is 5.77. The quantitative estimate of drug-likeness (QED) is 0.905. The van der Waals surface area contributed by atoms with Gasteiger partial charge in [-0.25, -0.2) is 0 Å². The average molecular weight is 260 g/mol. The lowest BCUT2D eigenvalue weighted by molar-refractivity contribution is 0.0705. The summed E-state index contributed by atoms with van der Waals surface area (Å²) in [4.78, 5) is 14.5. The van der Waals surface area contributed by atoms with Crippen molar-refractivity contribution >= 4 is 5.91 Å². The van der Waals surface area contributed by atoms with Crippen molar-refractivity contribution in [3.8, 4) is 0 Å². The van der Waals surface area contributed by atoms with E-state index in [1.807, 2.05) is 24.1 Å². The molecule has 104 valence electrons. The molecule has 0 spiro atoms. The molecule has 0 fully saturated rings. The van der Waals surface area contributed by atoms with E-state index in [2.05, 4.69) is 32.2 Å². The van der Waals surface area contributed by atoms with E-state index in [1.54, 1.807) is 0 Å². The number of nitrogens with zero attached hydrogens (tertiary/aromatic N) is 1. The van der Waals surface area contributed by atoms with Crippen LogP contribution < -0.4 is 5.32 Å². The lowest BCUT2D eigenvalue weighted by Gasteiger charge is -2.29. The summed E-state index contributed by atoms with van der Waals surface area (Å²) in [6.07, 6.45) is 0.946. The highest BCUT2D eigenvalue weighted by Crippen LogP contribution is 2.21. The molecule has 1 unspecified atom stereocenters. The van der Waals surface area contributed by atoms with Gasteiger partial charge < -0.3 is 10.2 Å². The Kier molecular flexibility index (Phi) is 4.25. The van der Waals surface area contributed by atoms with E-state index < -0.39 is 0 Å². The van der Waals surface area contributed by atoms with E-state index in [0.717, 1.165) is 25.1 Å². The van der Waals surface area contributed by atoms with Crippen LogP contribution in [0.1, 0.15) is 42.3 Å². The Labute approximate surface area is 116 Å². The second-order valence-corrected chi connectivity index (χ2v) is 5.77. The molecule has 3 heteroatoms. The smallest absolute Gasteiger partial charge is 0.254 e. The number of carbonyl (C=O) groups is 1. The van der Waals surface area contributed by atoms with Gasteiger partial charge in [0.2, 0.25) is 0 Å². The first-order valence-corrected chi connectivity index (χ1v) is 7.11. The zero-order chi connectivity index (χ0) is 14.0. The first-order chi connectivity index (χ1) is 9.02. The van der Waals surface area contributed by atoms with E-state index in [9.17, 15) is 4.79 Å². The molecule has 1 atom stereocenters. The first-order valence-electron chi connectivity index (χ1n) is 7.11. The number of amides is 1. The van der Waals surface area contributed by atoms with Crippen LogP contribution in [0.2, 0.25) is 0 Å². The fraction of sp³-hybridized carbons (Fsp3) is 0.562. The molecule has 1 aromatic carbocycles. The van der Waals surface area contributed by atoms with Crippen molar-refractivity contribution in [2.45, 2.75) is 39.8 Å². The summed E-state index contributed by atoms with van der Waals surface area (Å²) in [6.45, 7) is 8.25. The molecular formula is C16H24N2O. The van der Waals surface area contributed by atoms with Crippen molar-refractivity contribution in [1.82, 2.24) is 10.2 Å². The Morgan fingerprint density at radius 2 is 2.05 bits per heavy atom. The minimum atomic E-state index is 0.153. The number of rotatable bonds is 3. The normalized spacial score (nSPS) is 16.1. The molecule has 3 nitrogen and oxygen atoms in total. The third-order valence-electron chi connectivity index (χ3n) is 4.27. The van der Waals surface area contributed by atoms with E-state index in [0.29, 0.717) is 5.92 Å². The van der Waals surface area contributed by atoms with E-state index in [1.165, 1.54) is 11.1 Å². The van der Waals surface area contributed by atoms with Crippen LogP contribution in [0.25, 0.3) is 0 Å². The van der Waals surface area contributed by atoms with Crippen LogP contribution in [-0.4, -0.2) is 30.4 Å². The molecule has 0 aliphatic carbocycles. The van der Waals surface area contributed by atoms with Gasteiger partial charge in [-0.2, -0.15) is 0 Å². The summed E-state index contributed by atoms with van der Waals surface area (Å²) in [5.74, 6) is 0.620. The predicted octanol–water partition coefficient (Wildman–Crippen LogP) is 2.45. The van der Waals surface area contributed by atoms with Gasteiger partial charge in [-0.15, -0.1) is 0 Å². The highest BCUT2D eigenvalue weighted by atomic mass is 16.2. The summed E-state index contributed by atoms with van der Waals surface area (Å²) in [5, 5.41) is 3.35. The molecule has 0 saturated heterocycles. The van der Waals surface area contributed by atoms with Gasteiger partial charge in [-0.1, -0.05) is 26.0 Å². The number of fused-ring (bicyclic) bond motifs is 1. The van der Waals surface area contributed by atoms with Gasteiger partial charge in [-0.3, -0.25) is 4.79 Å². The highest BCUT2D eigenvalue weighted by Gasteiger charge is 2.23. The van der Waals surface area contributed by atoms with Gasteiger partial charge in [0.15, 0.2) is 0 Å². The number of benzene rings is 1. The van der Waals surface area contributed by atoms with Gasteiger partial charge in [0.05, 0.1) is 0 Å². The molecule has 1 N–H and O–H groups in total. The second kappa shape index (κ2) is 5.74. The Bertz CT molecular complexity index is 468. The number of carbonyl (C=O) groups excluding carboxylic acids is 1. The molecule has 1 heterocycles. The fourth-order valence-corrected chi connectivity index (χ4v) is 2.55. The maximum absolute atomic E-state index is 12.7. The zero-order valence-electron chi connectivity index (χ0n) is 12.4. The number of hydrogen-bond acceptors (Lipinski definition) is 2. The minimum absolute atomic E-state index is 0.153. The maximum Gasteiger partial charge on any atom is 0.254 e. The molecule has 0 bridgehead atoms. The molecule has 0 saturated carbocycles. The van der Waals surface area contributed by atoms with E-state index in [4.69, 9.17) is 0 Å². The monoisotopic (exact) mass is 260 g/mol. The Morgan fingerprint density at radius 3 is 2.74 bits per heavy atom. The van der Waals surface area contributed by atoms with E-state index in [-0.39, 0.29) is 11.9 Å². The van der Waals surface area contributed by atoms with Crippen molar-refractivity contribution in [3.05, 3.63) is 34.9 Å². The average Bonchev–Trinajstić information content (AvgIpc) is 2.44. The molecule has 2 rings (SSSR count). The van der Waals surface area contributed by atoms with Crippen LogP contribution in [0, 0.1) is 5.92 Å². The lowest BCUT2D eigenvalue weighted by Crippen LogP contribution is -2.39. The van der Waals surface area contributed by atoms with Crippen molar-refractivity contribution in [1.29, 1.82) is 0 Å². The van der Waals surface area contributed by atoms with Gasteiger partial charge in [0, 0.05) is 25.2 Å². The summed E-state index contributed by atoms with van der Waals surface area (Å²) >= 11 is 0. The lowest BCUT2D eigenvalue weighted by atomic mass is 9.94.